The number of aromatic nitrogens is 3. The second-order valence-corrected chi connectivity index (χ2v) is 10.7. The van der Waals surface area contributed by atoms with Crippen LogP contribution in [-0.2, 0) is 19.4 Å². The van der Waals surface area contributed by atoms with Crippen LogP contribution in [0.3, 0.4) is 0 Å². The first kappa shape index (κ1) is 26.2. The van der Waals surface area contributed by atoms with Crippen LogP contribution in [0.1, 0.15) is 43.1 Å². The molecule has 0 spiro atoms. The molecule has 0 atom stereocenters. The van der Waals surface area contributed by atoms with Crippen molar-refractivity contribution in [1.82, 2.24) is 19.1 Å². The van der Waals surface area contributed by atoms with Gasteiger partial charge in [0.25, 0.3) is 11.5 Å². The standard InChI is InChI=1S/C31H23BrN6O3/c1-34-26-16-21(9-12-25(26)32)30(40)36-14-13-24-27(18-36)38-29(22(17-35-38)15-19-5-3-2-4-6-19)37(31(24)41)23-10-7-20(8-11-23)28(33)39/h2-12,16-17H,13-15,18H2,(H2,33,39). The maximum Gasteiger partial charge on any atom is 0.261 e. The lowest BCUT2D eigenvalue weighted by Gasteiger charge is -2.30. The van der Waals surface area contributed by atoms with E-state index in [0.29, 0.717) is 63.3 Å². The van der Waals surface area contributed by atoms with Crippen LogP contribution < -0.4 is 11.3 Å². The van der Waals surface area contributed by atoms with Crippen molar-refractivity contribution < 1.29 is 9.59 Å². The Morgan fingerprint density at radius 1 is 1.02 bits per heavy atom. The molecule has 9 nitrogen and oxygen atoms in total. The number of fused-ring (bicyclic) bond motifs is 3. The van der Waals surface area contributed by atoms with Crippen molar-refractivity contribution in [1.29, 1.82) is 0 Å². The molecule has 0 bridgehead atoms. The number of amides is 2. The zero-order valence-corrected chi connectivity index (χ0v) is 23.3. The van der Waals surface area contributed by atoms with Gasteiger partial charge in [-0.2, -0.15) is 5.10 Å². The zero-order valence-electron chi connectivity index (χ0n) is 21.8. The Morgan fingerprint density at radius 2 is 1.76 bits per heavy atom. The average molecular weight is 607 g/mol. The molecule has 41 heavy (non-hydrogen) atoms. The van der Waals surface area contributed by atoms with Crippen molar-refractivity contribution in [3.63, 3.8) is 0 Å². The van der Waals surface area contributed by atoms with Crippen LogP contribution in [0.4, 0.5) is 5.69 Å². The summed E-state index contributed by atoms with van der Waals surface area (Å²) in [5.41, 5.74) is 10.7. The molecular weight excluding hydrogens is 584 g/mol. The summed E-state index contributed by atoms with van der Waals surface area (Å²) in [5.74, 6) is -0.767. The number of carbonyl (C=O) groups excluding carboxylic acids is 2. The van der Waals surface area contributed by atoms with Gasteiger partial charge in [-0.3, -0.25) is 19.0 Å². The SMILES string of the molecule is [C-]#[N+]c1cc(C(=O)N2CCc3c(n4ncc(Cc5ccccc5)c4n(-c4ccc(C(N)=O)cc4)c3=O)C2)ccc1Br. The first-order valence-corrected chi connectivity index (χ1v) is 13.7. The van der Waals surface area contributed by atoms with Gasteiger partial charge in [-0.25, -0.2) is 9.36 Å². The summed E-state index contributed by atoms with van der Waals surface area (Å²) in [4.78, 5) is 44.4. The van der Waals surface area contributed by atoms with E-state index in [4.69, 9.17) is 17.4 Å². The van der Waals surface area contributed by atoms with E-state index in [1.807, 2.05) is 30.3 Å². The van der Waals surface area contributed by atoms with Gasteiger partial charge in [0, 0.05) is 39.7 Å². The lowest BCUT2D eigenvalue weighted by molar-refractivity contribution is 0.0729. The third kappa shape index (κ3) is 4.70. The summed E-state index contributed by atoms with van der Waals surface area (Å²) in [6, 6.07) is 21.5. The van der Waals surface area contributed by atoms with Gasteiger partial charge >= 0.3 is 0 Å². The number of benzene rings is 3. The Bertz CT molecular complexity index is 1940. The molecule has 202 valence electrons. The molecule has 2 aromatic heterocycles. The molecule has 2 amide bonds. The number of nitrogens with two attached hydrogens (primary N) is 1. The molecule has 2 N–H and O–H groups in total. The molecule has 3 heterocycles. The smallest absolute Gasteiger partial charge is 0.261 e. The predicted molar refractivity (Wildman–Crippen MR) is 157 cm³/mol. The Balaban J connectivity index is 1.49. The second kappa shape index (κ2) is 10.5. The predicted octanol–water partition coefficient (Wildman–Crippen LogP) is 4.69. The van der Waals surface area contributed by atoms with Gasteiger partial charge in [0.05, 0.1) is 30.7 Å². The first-order chi connectivity index (χ1) is 19.9. The monoisotopic (exact) mass is 606 g/mol. The molecule has 10 heteroatoms. The zero-order chi connectivity index (χ0) is 28.7. The van der Waals surface area contributed by atoms with Crippen LogP contribution in [0.2, 0.25) is 0 Å². The van der Waals surface area contributed by atoms with E-state index in [1.165, 1.54) is 0 Å². The minimum absolute atomic E-state index is 0.192. The number of primary amides is 1. The topological polar surface area (TPSA) is 107 Å². The van der Waals surface area contributed by atoms with E-state index in [-0.39, 0.29) is 18.0 Å². The minimum atomic E-state index is -0.548. The van der Waals surface area contributed by atoms with Crippen LogP contribution in [0.15, 0.2) is 88.3 Å². The van der Waals surface area contributed by atoms with E-state index < -0.39 is 5.91 Å². The second-order valence-electron chi connectivity index (χ2n) is 9.80. The molecule has 5 aromatic rings. The highest BCUT2D eigenvalue weighted by atomic mass is 79.9. The first-order valence-electron chi connectivity index (χ1n) is 12.9. The molecule has 0 saturated carbocycles. The fraction of sp³-hybridized carbons (Fsp3) is 0.129. The molecular formula is C31H23BrN6O3. The minimum Gasteiger partial charge on any atom is -0.366 e. The molecule has 0 saturated heterocycles. The summed E-state index contributed by atoms with van der Waals surface area (Å²) in [5, 5.41) is 4.71. The Kier molecular flexibility index (Phi) is 6.73. The average Bonchev–Trinajstić information content (AvgIpc) is 3.40. The number of hydrogen-bond acceptors (Lipinski definition) is 4. The molecule has 3 aromatic carbocycles. The van der Waals surface area contributed by atoms with Gasteiger partial charge < -0.3 is 10.6 Å². The highest BCUT2D eigenvalue weighted by Crippen LogP contribution is 2.29. The molecule has 0 unspecified atom stereocenters. The fourth-order valence-electron chi connectivity index (χ4n) is 5.26. The van der Waals surface area contributed by atoms with E-state index in [2.05, 4.69) is 20.8 Å². The highest BCUT2D eigenvalue weighted by molar-refractivity contribution is 9.10. The summed E-state index contributed by atoms with van der Waals surface area (Å²) >= 11 is 3.34. The normalized spacial score (nSPS) is 12.6. The number of hydrogen-bond donors (Lipinski definition) is 1. The summed E-state index contributed by atoms with van der Waals surface area (Å²) in [6.45, 7) is 7.92. The molecule has 0 radical (unpaired) electrons. The lowest BCUT2D eigenvalue weighted by Crippen LogP contribution is -2.41. The van der Waals surface area contributed by atoms with Gasteiger partial charge in [-0.1, -0.05) is 58.4 Å². The van der Waals surface area contributed by atoms with Crippen molar-refractivity contribution >= 4 is 39.1 Å². The Labute approximate surface area is 243 Å². The third-order valence-electron chi connectivity index (χ3n) is 7.31. The van der Waals surface area contributed by atoms with Gasteiger partial charge in [0.1, 0.15) is 5.65 Å². The van der Waals surface area contributed by atoms with E-state index in [9.17, 15) is 14.4 Å². The number of halogens is 1. The molecule has 6 rings (SSSR count). The third-order valence-corrected chi connectivity index (χ3v) is 7.99. The van der Waals surface area contributed by atoms with Crippen molar-refractivity contribution in [2.24, 2.45) is 5.73 Å². The van der Waals surface area contributed by atoms with E-state index in [1.54, 1.807) is 62.6 Å². The molecule has 0 aliphatic carbocycles. The largest absolute Gasteiger partial charge is 0.366 e. The molecule has 1 aliphatic heterocycles. The van der Waals surface area contributed by atoms with Crippen LogP contribution in [-0.4, -0.2) is 37.4 Å². The Morgan fingerprint density at radius 3 is 2.46 bits per heavy atom. The van der Waals surface area contributed by atoms with Crippen LogP contribution >= 0.6 is 15.9 Å². The van der Waals surface area contributed by atoms with Crippen LogP contribution in [0.5, 0.6) is 0 Å². The summed E-state index contributed by atoms with van der Waals surface area (Å²) in [7, 11) is 0. The Hall–Kier alpha value is -5.01. The van der Waals surface area contributed by atoms with Crippen molar-refractivity contribution in [3.05, 3.63) is 139 Å². The number of carbonyl (C=O) groups is 2. The van der Waals surface area contributed by atoms with E-state index in [0.717, 1.165) is 11.1 Å². The quantitative estimate of drug-likeness (QED) is 0.293. The van der Waals surface area contributed by atoms with Crippen LogP contribution in [0, 0.1) is 6.57 Å². The van der Waals surface area contributed by atoms with E-state index >= 15 is 0 Å². The highest BCUT2D eigenvalue weighted by Gasteiger charge is 2.29. The van der Waals surface area contributed by atoms with Gasteiger partial charge in [-0.05, 0) is 42.3 Å². The lowest BCUT2D eigenvalue weighted by atomic mass is 10.0. The maximum atomic E-state index is 14.1. The summed E-state index contributed by atoms with van der Waals surface area (Å²) < 4.78 is 4.01. The maximum absolute atomic E-state index is 14.1. The van der Waals surface area contributed by atoms with Crippen molar-refractivity contribution in [2.45, 2.75) is 19.4 Å². The molecule has 1 aliphatic rings. The van der Waals surface area contributed by atoms with Gasteiger partial charge in [-0.15, -0.1) is 0 Å². The van der Waals surface area contributed by atoms with Crippen LogP contribution in [0.25, 0.3) is 16.2 Å². The fourth-order valence-corrected chi connectivity index (χ4v) is 5.59. The van der Waals surface area contributed by atoms with Gasteiger partial charge in [0.2, 0.25) is 11.6 Å². The summed E-state index contributed by atoms with van der Waals surface area (Å²) in [6.07, 6.45) is 2.64. The van der Waals surface area contributed by atoms with Gasteiger partial charge in [0.15, 0.2) is 0 Å². The molecule has 0 fully saturated rings. The van der Waals surface area contributed by atoms with Crippen molar-refractivity contribution in [2.75, 3.05) is 6.54 Å². The number of nitrogens with zero attached hydrogens (tertiary/aromatic N) is 5. The van der Waals surface area contributed by atoms with Crippen molar-refractivity contribution in [3.8, 4) is 5.69 Å². The number of rotatable bonds is 5.